The smallest absolute Gasteiger partial charge is 0.120 e. The highest BCUT2D eigenvalue weighted by Crippen LogP contribution is 2.23. The third kappa shape index (κ3) is 5.42. The van der Waals surface area contributed by atoms with Gasteiger partial charge in [0, 0.05) is 10.6 Å². The fourth-order valence-electron chi connectivity index (χ4n) is 1.60. The summed E-state index contributed by atoms with van der Waals surface area (Å²) < 4.78 is 5.12. The fourth-order valence-corrected chi connectivity index (χ4v) is 1.87. The SMILES string of the molecule is COc1ccc(CCCNC(C)(C)C)c(Cl)c1. The molecule has 1 aromatic carbocycles. The molecule has 17 heavy (non-hydrogen) atoms. The Balaban J connectivity index is 2.42. The number of nitrogens with one attached hydrogen (secondary N) is 1. The van der Waals surface area contributed by atoms with Gasteiger partial charge in [-0.1, -0.05) is 17.7 Å². The van der Waals surface area contributed by atoms with E-state index in [0.29, 0.717) is 0 Å². The van der Waals surface area contributed by atoms with Gasteiger partial charge < -0.3 is 10.1 Å². The Morgan fingerprint density at radius 2 is 2.00 bits per heavy atom. The van der Waals surface area contributed by atoms with E-state index in [2.05, 4.69) is 26.1 Å². The third-order valence-electron chi connectivity index (χ3n) is 2.54. The van der Waals surface area contributed by atoms with Crippen LogP contribution in [0.5, 0.6) is 5.75 Å². The van der Waals surface area contributed by atoms with E-state index in [9.17, 15) is 0 Å². The second kappa shape index (κ2) is 6.27. The highest BCUT2D eigenvalue weighted by Gasteiger charge is 2.08. The molecular weight excluding hydrogens is 234 g/mol. The van der Waals surface area contributed by atoms with Crippen molar-refractivity contribution in [3.8, 4) is 5.75 Å². The Kier molecular flexibility index (Phi) is 5.29. The molecule has 0 spiro atoms. The largest absolute Gasteiger partial charge is 0.497 e. The van der Waals surface area contributed by atoms with Crippen molar-refractivity contribution in [3.05, 3.63) is 28.8 Å². The lowest BCUT2D eigenvalue weighted by atomic mass is 10.1. The maximum absolute atomic E-state index is 6.18. The number of ether oxygens (including phenoxy) is 1. The van der Waals surface area contributed by atoms with Crippen LogP contribution in [0.4, 0.5) is 0 Å². The van der Waals surface area contributed by atoms with Crippen molar-refractivity contribution in [2.24, 2.45) is 0 Å². The predicted molar refractivity (Wildman–Crippen MR) is 74.1 cm³/mol. The van der Waals surface area contributed by atoms with Crippen LogP contribution >= 0.6 is 11.6 Å². The van der Waals surface area contributed by atoms with Crippen molar-refractivity contribution < 1.29 is 4.74 Å². The average molecular weight is 256 g/mol. The van der Waals surface area contributed by atoms with Crippen molar-refractivity contribution >= 4 is 11.6 Å². The molecule has 96 valence electrons. The quantitative estimate of drug-likeness (QED) is 0.811. The molecule has 0 bridgehead atoms. The van der Waals surface area contributed by atoms with Crippen LogP contribution in [0.2, 0.25) is 5.02 Å². The van der Waals surface area contributed by atoms with E-state index < -0.39 is 0 Å². The zero-order chi connectivity index (χ0) is 12.9. The number of benzene rings is 1. The third-order valence-corrected chi connectivity index (χ3v) is 2.89. The average Bonchev–Trinajstić information content (AvgIpc) is 2.24. The maximum Gasteiger partial charge on any atom is 0.120 e. The van der Waals surface area contributed by atoms with Crippen LogP contribution in [0.3, 0.4) is 0 Å². The number of methoxy groups -OCH3 is 1. The van der Waals surface area contributed by atoms with Gasteiger partial charge >= 0.3 is 0 Å². The number of aryl methyl sites for hydroxylation is 1. The maximum atomic E-state index is 6.18. The van der Waals surface area contributed by atoms with Crippen LogP contribution in [0.1, 0.15) is 32.8 Å². The van der Waals surface area contributed by atoms with Gasteiger partial charge in [-0.2, -0.15) is 0 Å². The van der Waals surface area contributed by atoms with Crippen LogP contribution in [0.25, 0.3) is 0 Å². The molecule has 0 saturated carbocycles. The number of hydrogen-bond donors (Lipinski definition) is 1. The topological polar surface area (TPSA) is 21.3 Å². The van der Waals surface area contributed by atoms with E-state index in [1.54, 1.807) is 7.11 Å². The lowest BCUT2D eigenvalue weighted by Crippen LogP contribution is -2.36. The van der Waals surface area contributed by atoms with Crippen LogP contribution in [-0.2, 0) is 6.42 Å². The Hall–Kier alpha value is -0.730. The number of hydrogen-bond acceptors (Lipinski definition) is 2. The van der Waals surface area contributed by atoms with Gasteiger partial charge in [0.1, 0.15) is 5.75 Å². The Labute approximate surface area is 109 Å². The van der Waals surface area contributed by atoms with Crippen LogP contribution in [0, 0.1) is 0 Å². The van der Waals surface area contributed by atoms with Crippen LogP contribution in [-0.4, -0.2) is 19.2 Å². The molecule has 0 radical (unpaired) electrons. The predicted octanol–water partition coefficient (Wildman–Crippen LogP) is 3.67. The van der Waals surface area contributed by atoms with Gasteiger partial charge in [-0.05, 0) is 57.9 Å². The minimum atomic E-state index is 0.184. The molecule has 1 rings (SSSR count). The molecule has 0 aliphatic rings. The van der Waals surface area contributed by atoms with Gasteiger partial charge in [-0.15, -0.1) is 0 Å². The van der Waals surface area contributed by atoms with Crippen molar-refractivity contribution in [2.45, 2.75) is 39.2 Å². The van der Waals surface area contributed by atoms with Gasteiger partial charge in [0.05, 0.1) is 7.11 Å². The van der Waals surface area contributed by atoms with Gasteiger partial charge in [0.15, 0.2) is 0 Å². The number of halogens is 1. The summed E-state index contributed by atoms with van der Waals surface area (Å²) in [4.78, 5) is 0. The first-order valence-electron chi connectivity index (χ1n) is 6.00. The van der Waals surface area contributed by atoms with Crippen LogP contribution in [0.15, 0.2) is 18.2 Å². The monoisotopic (exact) mass is 255 g/mol. The summed E-state index contributed by atoms with van der Waals surface area (Å²) >= 11 is 6.18. The van der Waals surface area contributed by atoms with E-state index in [-0.39, 0.29) is 5.54 Å². The Bertz CT molecular complexity index is 358. The molecule has 0 atom stereocenters. The van der Waals surface area contributed by atoms with Crippen molar-refractivity contribution in [2.75, 3.05) is 13.7 Å². The van der Waals surface area contributed by atoms with E-state index in [0.717, 1.165) is 30.2 Å². The number of rotatable bonds is 5. The summed E-state index contributed by atoms with van der Waals surface area (Å²) in [5, 5.41) is 4.26. The molecule has 1 aromatic rings. The summed E-state index contributed by atoms with van der Waals surface area (Å²) in [7, 11) is 1.65. The van der Waals surface area contributed by atoms with Gasteiger partial charge in [-0.3, -0.25) is 0 Å². The minimum Gasteiger partial charge on any atom is -0.497 e. The molecule has 0 fully saturated rings. The summed E-state index contributed by atoms with van der Waals surface area (Å²) in [5.41, 5.74) is 1.37. The van der Waals surface area contributed by atoms with Gasteiger partial charge in [-0.25, -0.2) is 0 Å². The minimum absolute atomic E-state index is 0.184. The van der Waals surface area contributed by atoms with E-state index in [1.807, 2.05) is 18.2 Å². The summed E-state index contributed by atoms with van der Waals surface area (Å²) in [6.45, 7) is 7.53. The molecule has 0 aromatic heterocycles. The lowest BCUT2D eigenvalue weighted by molar-refractivity contribution is 0.414. The van der Waals surface area contributed by atoms with E-state index in [1.165, 1.54) is 5.56 Å². The zero-order valence-electron chi connectivity index (χ0n) is 11.1. The second-order valence-electron chi connectivity index (χ2n) is 5.24. The summed E-state index contributed by atoms with van der Waals surface area (Å²) in [6, 6.07) is 5.87. The first kappa shape index (κ1) is 14.3. The van der Waals surface area contributed by atoms with Crippen molar-refractivity contribution in [1.82, 2.24) is 5.32 Å². The highest BCUT2D eigenvalue weighted by molar-refractivity contribution is 6.31. The fraction of sp³-hybridized carbons (Fsp3) is 0.571. The molecule has 0 aliphatic carbocycles. The standard InChI is InChI=1S/C14H22ClNO/c1-14(2,3)16-9-5-6-11-7-8-12(17-4)10-13(11)15/h7-8,10,16H,5-6,9H2,1-4H3. The summed E-state index contributed by atoms with van der Waals surface area (Å²) in [5.74, 6) is 0.812. The first-order chi connectivity index (χ1) is 7.92. The molecule has 0 amide bonds. The molecule has 0 aliphatic heterocycles. The van der Waals surface area contributed by atoms with Gasteiger partial charge in [0.2, 0.25) is 0 Å². The normalized spacial score (nSPS) is 11.6. The van der Waals surface area contributed by atoms with Gasteiger partial charge in [0.25, 0.3) is 0 Å². The highest BCUT2D eigenvalue weighted by atomic mass is 35.5. The van der Waals surface area contributed by atoms with Crippen molar-refractivity contribution in [3.63, 3.8) is 0 Å². The van der Waals surface area contributed by atoms with Crippen LogP contribution < -0.4 is 10.1 Å². The van der Waals surface area contributed by atoms with E-state index in [4.69, 9.17) is 16.3 Å². The van der Waals surface area contributed by atoms with E-state index >= 15 is 0 Å². The molecule has 0 unspecified atom stereocenters. The Morgan fingerprint density at radius 1 is 1.29 bits per heavy atom. The molecule has 2 nitrogen and oxygen atoms in total. The summed E-state index contributed by atoms with van der Waals surface area (Å²) in [6.07, 6.45) is 2.08. The first-order valence-corrected chi connectivity index (χ1v) is 6.37. The zero-order valence-corrected chi connectivity index (χ0v) is 11.9. The molecular formula is C14H22ClNO. The second-order valence-corrected chi connectivity index (χ2v) is 5.64. The van der Waals surface area contributed by atoms with Crippen molar-refractivity contribution in [1.29, 1.82) is 0 Å². The molecule has 0 saturated heterocycles. The Morgan fingerprint density at radius 3 is 2.53 bits per heavy atom. The molecule has 3 heteroatoms. The molecule has 0 heterocycles. The lowest BCUT2D eigenvalue weighted by Gasteiger charge is -2.20. The molecule has 1 N–H and O–H groups in total.